The van der Waals surface area contributed by atoms with E-state index in [9.17, 15) is 9.59 Å². The van der Waals surface area contributed by atoms with Gasteiger partial charge in [0.1, 0.15) is 11.4 Å². The number of hydrogen-bond donors (Lipinski definition) is 1. The van der Waals surface area contributed by atoms with E-state index in [1.807, 2.05) is 30.3 Å². The zero-order valence-corrected chi connectivity index (χ0v) is 19.3. The first-order valence-corrected chi connectivity index (χ1v) is 10.8. The summed E-state index contributed by atoms with van der Waals surface area (Å²) in [5.41, 5.74) is 2.82. The molecule has 1 aliphatic rings. The minimum atomic E-state index is -0.374. The molecule has 0 atom stereocenters. The monoisotopic (exact) mass is 458 g/mol. The lowest BCUT2D eigenvalue weighted by Crippen LogP contribution is -2.34. The lowest BCUT2D eigenvalue weighted by atomic mass is 10.0. The first-order chi connectivity index (χ1) is 16.5. The number of amides is 2. The van der Waals surface area contributed by atoms with Crippen LogP contribution in [0.15, 0.2) is 78.5 Å². The van der Waals surface area contributed by atoms with Crippen molar-refractivity contribution in [2.24, 2.45) is 0 Å². The summed E-state index contributed by atoms with van der Waals surface area (Å²) in [5, 5.41) is 3.15. The smallest absolute Gasteiger partial charge is 0.278 e. The molecule has 1 heterocycles. The molecular formula is C27H26N2O5. The van der Waals surface area contributed by atoms with E-state index in [2.05, 4.69) is 5.32 Å². The van der Waals surface area contributed by atoms with Gasteiger partial charge in [-0.2, -0.15) is 0 Å². The van der Waals surface area contributed by atoms with Crippen LogP contribution >= 0.6 is 0 Å². The third kappa shape index (κ3) is 4.59. The molecule has 0 spiro atoms. The average molecular weight is 459 g/mol. The normalized spacial score (nSPS) is 13.3. The Kier molecular flexibility index (Phi) is 6.82. The van der Waals surface area contributed by atoms with Crippen molar-refractivity contribution in [3.8, 4) is 17.2 Å². The second-order valence-electron chi connectivity index (χ2n) is 7.67. The van der Waals surface area contributed by atoms with Crippen LogP contribution in [-0.4, -0.2) is 44.6 Å². The van der Waals surface area contributed by atoms with Crippen molar-refractivity contribution in [1.82, 2.24) is 4.90 Å². The van der Waals surface area contributed by atoms with E-state index in [1.165, 1.54) is 4.90 Å². The third-order valence-corrected chi connectivity index (χ3v) is 5.67. The molecule has 0 saturated carbocycles. The Labute approximate surface area is 198 Å². The second-order valence-corrected chi connectivity index (χ2v) is 7.67. The van der Waals surface area contributed by atoms with Crippen LogP contribution in [0, 0.1) is 0 Å². The molecule has 3 aromatic carbocycles. The Bertz CT molecular complexity index is 1220. The summed E-state index contributed by atoms with van der Waals surface area (Å²) in [6.45, 7) is 0.276. The molecule has 1 N–H and O–H groups in total. The van der Waals surface area contributed by atoms with Crippen LogP contribution in [0.25, 0.3) is 5.57 Å². The first kappa shape index (κ1) is 22.9. The van der Waals surface area contributed by atoms with Crippen LogP contribution in [0.2, 0.25) is 0 Å². The minimum Gasteiger partial charge on any atom is -0.497 e. The number of rotatable bonds is 9. The van der Waals surface area contributed by atoms with E-state index < -0.39 is 0 Å². The predicted molar refractivity (Wildman–Crippen MR) is 130 cm³/mol. The fraction of sp³-hybridized carbons (Fsp3) is 0.185. The van der Waals surface area contributed by atoms with Gasteiger partial charge in [-0.15, -0.1) is 0 Å². The van der Waals surface area contributed by atoms with E-state index in [4.69, 9.17) is 14.2 Å². The van der Waals surface area contributed by atoms with Gasteiger partial charge < -0.3 is 19.5 Å². The maximum absolute atomic E-state index is 13.4. The zero-order chi connectivity index (χ0) is 24.1. The maximum atomic E-state index is 13.4. The molecular weight excluding hydrogens is 432 g/mol. The fourth-order valence-electron chi connectivity index (χ4n) is 3.86. The van der Waals surface area contributed by atoms with Crippen LogP contribution in [0.3, 0.4) is 0 Å². The van der Waals surface area contributed by atoms with Gasteiger partial charge in [0.05, 0.1) is 26.9 Å². The van der Waals surface area contributed by atoms with Gasteiger partial charge in [-0.1, -0.05) is 42.5 Å². The summed E-state index contributed by atoms with van der Waals surface area (Å²) in [5.74, 6) is 1.03. The van der Waals surface area contributed by atoms with Gasteiger partial charge in [0.15, 0.2) is 11.5 Å². The highest BCUT2D eigenvalue weighted by Crippen LogP contribution is 2.34. The second kappa shape index (κ2) is 10.1. The van der Waals surface area contributed by atoms with Crippen molar-refractivity contribution in [2.45, 2.75) is 6.42 Å². The number of anilines is 1. The number of ether oxygens (including phenoxy) is 3. The molecule has 7 nitrogen and oxygen atoms in total. The van der Waals surface area contributed by atoms with Gasteiger partial charge in [0.25, 0.3) is 11.8 Å². The number of carbonyl (C=O) groups is 2. The van der Waals surface area contributed by atoms with Crippen molar-refractivity contribution in [2.75, 3.05) is 33.2 Å². The Hall–Kier alpha value is -4.26. The molecule has 3 aromatic rings. The van der Waals surface area contributed by atoms with E-state index in [-0.39, 0.29) is 24.1 Å². The fourth-order valence-corrected chi connectivity index (χ4v) is 3.86. The average Bonchev–Trinajstić information content (AvgIpc) is 3.11. The Morgan fingerprint density at radius 1 is 0.765 bits per heavy atom. The number of benzene rings is 3. The Morgan fingerprint density at radius 2 is 1.47 bits per heavy atom. The number of methoxy groups -OCH3 is 3. The standard InChI is InChI=1S/C27H26N2O5/c1-32-21-12-9-19(10-13-21)24-25(28-20-11-14-22(33-2)23(17-20)34-3)27(31)29(26(24)30)16-15-18-7-5-4-6-8-18/h4-14,17,28H,15-16H2,1-3H3. The maximum Gasteiger partial charge on any atom is 0.278 e. The summed E-state index contributed by atoms with van der Waals surface area (Å²) >= 11 is 0. The summed E-state index contributed by atoms with van der Waals surface area (Å²) in [6, 6.07) is 22.1. The third-order valence-electron chi connectivity index (χ3n) is 5.67. The van der Waals surface area contributed by atoms with Gasteiger partial charge in [0, 0.05) is 18.3 Å². The predicted octanol–water partition coefficient (Wildman–Crippen LogP) is 4.15. The minimum absolute atomic E-state index is 0.218. The molecule has 0 radical (unpaired) electrons. The van der Waals surface area contributed by atoms with Gasteiger partial charge in [-0.3, -0.25) is 14.5 Å². The van der Waals surface area contributed by atoms with Crippen molar-refractivity contribution >= 4 is 23.1 Å². The van der Waals surface area contributed by atoms with Crippen molar-refractivity contribution in [1.29, 1.82) is 0 Å². The molecule has 0 unspecified atom stereocenters. The highest BCUT2D eigenvalue weighted by molar-refractivity contribution is 6.36. The van der Waals surface area contributed by atoms with E-state index in [0.717, 1.165) is 5.56 Å². The molecule has 4 rings (SSSR count). The van der Waals surface area contributed by atoms with Gasteiger partial charge in [-0.05, 0) is 41.8 Å². The van der Waals surface area contributed by atoms with Gasteiger partial charge in [-0.25, -0.2) is 0 Å². The van der Waals surface area contributed by atoms with E-state index in [1.54, 1.807) is 63.8 Å². The van der Waals surface area contributed by atoms with E-state index >= 15 is 0 Å². The summed E-state index contributed by atoms with van der Waals surface area (Å²) in [4.78, 5) is 28.2. The zero-order valence-electron chi connectivity index (χ0n) is 19.3. The lowest BCUT2D eigenvalue weighted by Gasteiger charge is -2.15. The number of hydrogen-bond acceptors (Lipinski definition) is 6. The molecule has 2 amide bonds. The van der Waals surface area contributed by atoms with Gasteiger partial charge in [0.2, 0.25) is 0 Å². The highest BCUT2D eigenvalue weighted by atomic mass is 16.5. The number of nitrogens with zero attached hydrogens (tertiary/aromatic N) is 1. The van der Waals surface area contributed by atoms with Crippen LogP contribution in [-0.2, 0) is 16.0 Å². The number of imide groups is 1. The molecule has 0 bridgehead atoms. The van der Waals surface area contributed by atoms with Crippen LogP contribution in [0.1, 0.15) is 11.1 Å². The molecule has 7 heteroatoms. The molecule has 1 aliphatic heterocycles. The molecule has 0 saturated heterocycles. The first-order valence-electron chi connectivity index (χ1n) is 10.8. The summed E-state index contributed by atoms with van der Waals surface area (Å²) in [6.07, 6.45) is 0.567. The van der Waals surface area contributed by atoms with Gasteiger partial charge >= 0.3 is 0 Å². The lowest BCUT2D eigenvalue weighted by molar-refractivity contribution is -0.136. The van der Waals surface area contributed by atoms with Crippen LogP contribution in [0.4, 0.5) is 5.69 Å². The van der Waals surface area contributed by atoms with Crippen molar-refractivity contribution < 1.29 is 23.8 Å². The highest BCUT2D eigenvalue weighted by Gasteiger charge is 2.39. The number of carbonyl (C=O) groups excluding carboxylic acids is 2. The molecule has 174 valence electrons. The summed E-state index contributed by atoms with van der Waals surface area (Å²) < 4.78 is 15.9. The molecule has 0 aliphatic carbocycles. The molecule has 34 heavy (non-hydrogen) atoms. The quantitative estimate of drug-likeness (QED) is 0.486. The largest absolute Gasteiger partial charge is 0.497 e. The summed E-state index contributed by atoms with van der Waals surface area (Å²) in [7, 11) is 4.67. The van der Waals surface area contributed by atoms with Crippen LogP contribution in [0.5, 0.6) is 17.2 Å². The van der Waals surface area contributed by atoms with Crippen molar-refractivity contribution in [3.05, 3.63) is 89.6 Å². The topological polar surface area (TPSA) is 77.1 Å². The Balaban J connectivity index is 1.69. The van der Waals surface area contributed by atoms with Crippen LogP contribution < -0.4 is 19.5 Å². The Morgan fingerprint density at radius 3 is 2.12 bits per heavy atom. The molecule has 0 fully saturated rings. The number of nitrogens with one attached hydrogen (secondary N) is 1. The molecule has 0 aromatic heterocycles. The van der Waals surface area contributed by atoms with E-state index in [0.29, 0.717) is 40.5 Å². The SMILES string of the molecule is COc1ccc(C2=C(Nc3ccc(OC)c(OC)c3)C(=O)N(CCc3ccccc3)C2=O)cc1. The van der Waals surface area contributed by atoms with Crippen molar-refractivity contribution in [3.63, 3.8) is 0 Å².